The number of carbonyl (C=O) groups is 2. The molecular weight excluding hydrogens is 339 g/mol. The number of amides is 1. The molecule has 2 aromatic carbocycles. The lowest BCUT2D eigenvalue weighted by atomic mass is 10.1. The van der Waals surface area contributed by atoms with Gasteiger partial charge in [-0.1, -0.05) is 18.2 Å². The monoisotopic (exact) mass is 356 g/mol. The van der Waals surface area contributed by atoms with Gasteiger partial charge >= 0.3 is 5.97 Å². The van der Waals surface area contributed by atoms with E-state index in [0.29, 0.717) is 11.0 Å². The van der Waals surface area contributed by atoms with Gasteiger partial charge < -0.3 is 10.1 Å². The Balaban J connectivity index is 1.64. The molecule has 1 heterocycles. The third-order valence-electron chi connectivity index (χ3n) is 3.95. The van der Waals surface area contributed by atoms with Crippen molar-refractivity contribution in [3.05, 3.63) is 59.4 Å². The number of nitrogens with one attached hydrogen (secondary N) is 2. The van der Waals surface area contributed by atoms with E-state index in [2.05, 4.69) is 20.7 Å². The van der Waals surface area contributed by atoms with Crippen molar-refractivity contribution >= 4 is 22.9 Å². The number of esters is 1. The van der Waals surface area contributed by atoms with Crippen molar-refractivity contribution in [1.29, 1.82) is 0 Å². The molecule has 0 aliphatic heterocycles. The Bertz CT molecular complexity index is 939. The molecule has 0 fully saturated rings. The minimum Gasteiger partial charge on any atom is -0.449 e. The summed E-state index contributed by atoms with van der Waals surface area (Å²) in [6, 6.07) is 10.4. The van der Waals surface area contributed by atoms with Crippen molar-refractivity contribution < 1.29 is 18.7 Å². The minimum atomic E-state index is -1.01. The lowest BCUT2D eigenvalue weighted by Gasteiger charge is -2.18. The van der Waals surface area contributed by atoms with Crippen LogP contribution in [0.1, 0.15) is 35.8 Å². The molecule has 0 unspecified atom stereocenters. The fourth-order valence-electron chi connectivity index (χ4n) is 2.48. The molecule has 0 radical (unpaired) electrons. The van der Waals surface area contributed by atoms with Gasteiger partial charge in [0.25, 0.3) is 5.91 Å². The van der Waals surface area contributed by atoms with E-state index in [-0.39, 0.29) is 17.4 Å². The van der Waals surface area contributed by atoms with E-state index in [0.717, 1.165) is 5.56 Å². The van der Waals surface area contributed by atoms with Crippen LogP contribution in [0.4, 0.5) is 4.39 Å². The van der Waals surface area contributed by atoms with Crippen LogP contribution < -0.4 is 5.32 Å². The van der Waals surface area contributed by atoms with E-state index in [1.54, 1.807) is 37.3 Å². The molecule has 26 heavy (non-hydrogen) atoms. The molecule has 0 saturated heterocycles. The number of ether oxygens (including phenoxy) is 1. The van der Waals surface area contributed by atoms with E-state index in [9.17, 15) is 14.0 Å². The topological polar surface area (TPSA) is 97.0 Å². The second-order valence-electron chi connectivity index (χ2n) is 5.83. The molecule has 1 amide bonds. The second-order valence-corrected chi connectivity index (χ2v) is 5.83. The number of rotatable bonds is 5. The van der Waals surface area contributed by atoms with Gasteiger partial charge in [-0.3, -0.25) is 4.79 Å². The number of aromatic nitrogens is 3. The average Bonchev–Trinajstić information content (AvgIpc) is 3.10. The SMILES string of the molecule is C[C@H](OC(=O)c1cccc2n[nH]nc12)C(=O)N[C@@H](C)c1ccc(F)cc1. The molecule has 0 saturated carbocycles. The van der Waals surface area contributed by atoms with Crippen LogP contribution in [0.2, 0.25) is 0 Å². The summed E-state index contributed by atoms with van der Waals surface area (Å²) in [7, 11) is 0. The van der Waals surface area contributed by atoms with Crippen molar-refractivity contribution in [2.24, 2.45) is 0 Å². The van der Waals surface area contributed by atoms with Crippen molar-refractivity contribution in [2.75, 3.05) is 0 Å². The molecule has 7 nitrogen and oxygen atoms in total. The van der Waals surface area contributed by atoms with E-state index in [1.165, 1.54) is 19.1 Å². The summed E-state index contributed by atoms with van der Waals surface area (Å²) in [5.74, 6) is -1.47. The summed E-state index contributed by atoms with van der Waals surface area (Å²) in [6.45, 7) is 3.24. The third kappa shape index (κ3) is 3.69. The number of para-hydroxylation sites is 1. The third-order valence-corrected chi connectivity index (χ3v) is 3.95. The lowest BCUT2D eigenvalue weighted by molar-refractivity contribution is -0.129. The Labute approximate surface area is 148 Å². The zero-order chi connectivity index (χ0) is 18.7. The molecule has 1 aromatic heterocycles. The first-order chi connectivity index (χ1) is 12.5. The van der Waals surface area contributed by atoms with E-state index in [4.69, 9.17) is 4.74 Å². The number of carbonyl (C=O) groups excluding carboxylic acids is 2. The summed E-state index contributed by atoms with van der Waals surface area (Å²) in [6.07, 6.45) is -1.01. The predicted molar refractivity (Wildman–Crippen MR) is 91.7 cm³/mol. The maximum atomic E-state index is 13.0. The molecule has 134 valence electrons. The number of aromatic amines is 1. The Kier molecular flexibility index (Phi) is 4.92. The first kappa shape index (κ1) is 17.5. The van der Waals surface area contributed by atoms with Gasteiger partial charge in [-0.15, -0.1) is 0 Å². The normalized spacial score (nSPS) is 13.2. The number of fused-ring (bicyclic) bond motifs is 1. The number of benzene rings is 2. The van der Waals surface area contributed by atoms with Crippen molar-refractivity contribution in [1.82, 2.24) is 20.7 Å². The van der Waals surface area contributed by atoms with Gasteiger partial charge in [0.05, 0.1) is 11.6 Å². The number of hydrogen-bond donors (Lipinski definition) is 2. The summed E-state index contributed by atoms with van der Waals surface area (Å²) >= 11 is 0. The highest BCUT2D eigenvalue weighted by Crippen LogP contribution is 2.16. The molecule has 0 spiro atoms. The van der Waals surface area contributed by atoms with Gasteiger partial charge in [0.15, 0.2) is 6.10 Å². The van der Waals surface area contributed by atoms with Crippen LogP contribution in [0.15, 0.2) is 42.5 Å². The van der Waals surface area contributed by atoms with Gasteiger partial charge in [0.1, 0.15) is 16.9 Å². The molecule has 2 atom stereocenters. The maximum Gasteiger partial charge on any atom is 0.341 e. The lowest BCUT2D eigenvalue weighted by Crippen LogP contribution is -2.37. The highest BCUT2D eigenvalue weighted by molar-refractivity contribution is 6.02. The van der Waals surface area contributed by atoms with Crippen LogP contribution in [0, 0.1) is 5.82 Å². The Hall–Kier alpha value is -3.29. The molecular formula is C18H17FN4O3. The zero-order valence-electron chi connectivity index (χ0n) is 14.2. The first-order valence-corrected chi connectivity index (χ1v) is 8.02. The molecule has 0 aliphatic carbocycles. The van der Waals surface area contributed by atoms with Crippen molar-refractivity contribution in [3.8, 4) is 0 Å². The van der Waals surface area contributed by atoms with Gasteiger partial charge in [-0.25, -0.2) is 9.18 Å². The van der Waals surface area contributed by atoms with E-state index in [1.807, 2.05) is 0 Å². The smallest absolute Gasteiger partial charge is 0.341 e. The Morgan fingerprint density at radius 1 is 1.12 bits per heavy atom. The Morgan fingerprint density at radius 2 is 1.85 bits per heavy atom. The fourth-order valence-corrected chi connectivity index (χ4v) is 2.48. The fraction of sp³-hybridized carbons (Fsp3) is 0.222. The molecule has 8 heteroatoms. The van der Waals surface area contributed by atoms with Crippen LogP contribution in [0.5, 0.6) is 0 Å². The molecule has 2 N–H and O–H groups in total. The summed E-state index contributed by atoms with van der Waals surface area (Å²) in [5.41, 5.74) is 1.87. The van der Waals surface area contributed by atoms with Crippen molar-refractivity contribution in [3.63, 3.8) is 0 Å². The Morgan fingerprint density at radius 3 is 2.58 bits per heavy atom. The van der Waals surface area contributed by atoms with Gasteiger partial charge in [-0.2, -0.15) is 15.4 Å². The largest absolute Gasteiger partial charge is 0.449 e. The van der Waals surface area contributed by atoms with Gasteiger partial charge in [0.2, 0.25) is 0 Å². The molecule has 0 aliphatic rings. The predicted octanol–water partition coefficient (Wildman–Crippen LogP) is 2.52. The summed E-state index contributed by atoms with van der Waals surface area (Å²) in [4.78, 5) is 24.6. The average molecular weight is 356 g/mol. The molecule has 3 rings (SSSR count). The maximum absolute atomic E-state index is 13.0. The van der Waals surface area contributed by atoms with Crippen LogP contribution in [0.3, 0.4) is 0 Å². The van der Waals surface area contributed by atoms with Crippen LogP contribution >= 0.6 is 0 Å². The standard InChI is InChI=1S/C18H17FN4O3/c1-10(12-6-8-13(19)9-7-12)20-17(24)11(2)26-18(25)14-4-3-5-15-16(14)22-23-21-15/h3-11H,1-2H3,(H,20,24)(H,21,22,23)/t10-,11-/m0/s1. The highest BCUT2D eigenvalue weighted by atomic mass is 19.1. The number of halogens is 1. The van der Waals surface area contributed by atoms with Gasteiger partial charge in [-0.05, 0) is 43.7 Å². The zero-order valence-corrected chi connectivity index (χ0v) is 14.2. The number of H-pyrrole nitrogens is 1. The number of nitrogens with zero attached hydrogens (tertiary/aromatic N) is 2. The van der Waals surface area contributed by atoms with E-state index >= 15 is 0 Å². The summed E-state index contributed by atoms with van der Waals surface area (Å²) < 4.78 is 18.2. The first-order valence-electron chi connectivity index (χ1n) is 8.02. The number of hydrogen-bond acceptors (Lipinski definition) is 5. The van der Waals surface area contributed by atoms with Gasteiger partial charge in [0, 0.05) is 0 Å². The van der Waals surface area contributed by atoms with Crippen LogP contribution in [-0.4, -0.2) is 33.4 Å². The van der Waals surface area contributed by atoms with Crippen molar-refractivity contribution in [2.45, 2.75) is 26.0 Å². The molecule has 0 bridgehead atoms. The van der Waals surface area contributed by atoms with Crippen LogP contribution in [-0.2, 0) is 9.53 Å². The minimum absolute atomic E-state index is 0.225. The molecule has 3 aromatic rings. The van der Waals surface area contributed by atoms with Crippen LogP contribution in [0.25, 0.3) is 11.0 Å². The highest BCUT2D eigenvalue weighted by Gasteiger charge is 2.22. The van der Waals surface area contributed by atoms with E-state index < -0.39 is 18.0 Å². The quantitative estimate of drug-likeness (QED) is 0.685. The second kappa shape index (κ2) is 7.30. The summed E-state index contributed by atoms with van der Waals surface area (Å²) in [5, 5.41) is 13.0.